The number of rotatable bonds is 6. The highest BCUT2D eigenvalue weighted by Gasteiger charge is 2.30. The van der Waals surface area contributed by atoms with Gasteiger partial charge in [0.05, 0.1) is 0 Å². The Morgan fingerprint density at radius 3 is 1.26 bits per heavy atom. The highest BCUT2D eigenvalue weighted by molar-refractivity contribution is 8.04. The molecule has 0 bridgehead atoms. The molecule has 0 amide bonds. The fraction of sp³-hybridized carbons (Fsp3) is 0.0769. The molecule has 0 spiro atoms. The van der Waals surface area contributed by atoms with Gasteiger partial charge >= 0.3 is 20.2 Å². The second-order valence-corrected chi connectivity index (χ2v) is 8.25. The van der Waals surface area contributed by atoms with Crippen molar-refractivity contribution >= 4 is 20.2 Å². The van der Waals surface area contributed by atoms with Gasteiger partial charge in [-0.15, -0.1) is 0 Å². The highest BCUT2D eigenvalue weighted by atomic mass is 32.3. The van der Waals surface area contributed by atoms with Crippen molar-refractivity contribution < 1.29 is 51.5 Å². The molecule has 6 nitrogen and oxygen atoms in total. The van der Waals surface area contributed by atoms with Crippen LogP contribution >= 0.6 is 0 Å². The molecule has 2 aromatic carbocycles. The molecule has 0 heterocycles. The van der Waals surface area contributed by atoms with Gasteiger partial charge in [0, 0.05) is 0 Å². The summed E-state index contributed by atoms with van der Waals surface area (Å²) < 4.78 is 133. The second-order valence-electron chi connectivity index (χ2n) is 4.75. The van der Waals surface area contributed by atoms with E-state index in [4.69, 9.17) is 0 Å². The summed E-state index contributed by atoms with van der Waals surface area (Å²) >= 11 is 0. The van der Waals surface area contributed by atoms with Gasteiger partial charge in [0.1, 0.15) is 0 Å². The zero-order valence-electron chi connectivity index (χ0n) is 12.6. The van der Waals surface area contributed by atoms with Crippen LogP contribution in [0.25, 0.3) is 0 Å². The van der Waals surface area contributed by atoms with Crippen molar-refractivity contribution in [1.29, 1.82) is 0 Å². The van der Waals surface area contributed by atoms with Gasteiger partial charge in [-0.3, -0.25) is 0 Å². The number of hydrogen-bond donors (Lipinski definition) is 0. The molecule has 0 fully saturated rings. The van der Waals surface area contributed by atoms with E-state index in [0.717, 1.165) is 0 Å². The second kappa shape index (κ2) is 7.26. The molecule has 14 heteroatoms. The zero-order chi connectivity index (χ0) is 20.6. The van der Waals surface area contributed by atoms with Crippen LogP contribution in [0.2, 0.25) is 0 Å². The Morgan fingerprint density at radius 2 is 0.926 bits per heavy atom. The van der Waals surface area contributed by atoms with Crippen LogP contribution in [0.1, 0.15) is 0 Å². The summed E-state index contributed by atoms with van der Waals surface area (Å²) in [5, 5.41) is -2.04. The van der Waals surface area contributed by atoms with Gasteiger partial charge < -0.3 is 8.37 Å². The molecule has 0 aliphatic rings. The lowest BCUT2D eigenvalue weighted by molar-refractivity contribution is 0.407. The third-order valence-corrected chi connectivity index (χ3v) is 5.90. The van der Waals surface area contributed by atoms with E-state index < -0.39 is 71.7 Å². The monoisotopic (exact) mass is 436 g/mol. The SMILES string of the molecule is O=S(=O)(CS(=O)(=O)Oc1ccc(F)c(F)c1F)Oc1ccc(F)c(F)c1F. The van der Waals surface area contributed by atoms with Crippen molar-refractivity contribution in [3.8, 4) is 11.5 Å². The molecular formula is C13H6F6O6S2. The molecule has 148 valence electrons. The first kappa shape index (κ1) is 20.8. The van der Waals surface area contributed by atoms with E-state index in [9.17, 15) is 43.2 Å². The van der Waals surface area contributed by atoms with Gasteiger partial charge in [-0.05, 0) is 24.3 Å². The lowest BCUT2D eigenvalue weighted by atomic mass is 10.3. The molecule has 0 aliphatic carbocycles. The first-order valence-electron chi connectivity index (χ1n) is 6.44. The summed E-state index contributed by atoms with van der Waals surface area (Å²) in [5.74, 6) is -14.3. The third kappa shape index (κ3) is 4.82. The summed E-state index contributed by atoms with van der Waals surface area (Å²) in [6, 6.07) is 1.36. The number of halogens is 6. The van der Waals surface area contributed by atoms with Crippen LogP contribution in [-0.2, 0) is 20.2 Å². The maximum atomic E-state index is 13.4. The van der Waals surface area contributed by atoms with E-state index >= 15 is 0 Å². The van der Waals surface area contributed by atoms with E-state index in [1.807, 2.05) is 0 Å². The Bertz CT molecular complexity index is 1010. The van der Waals surface area contributed by atoms with Crippen LogP contribution in [0.15, 0.2) is 24.3 Å². The summed E-state index contributed by atoms with van der Waals surface area (Å²) in [5.41, 5.74) is 0. The Labute approximate surface area is 148 Å². The predicted octanol–water partition coefficient (Wildman–Crippen LogP) is 2.60. The van der Waals surface area contributed by atoms with E-state index in [1.165, 1.54) is 0 Å². The molecule has 0 radical (unpaired) electrons. The molecule has 0 N–H and O–H groups in total. The average molecular weight is 436 g/mol. The van der Waals surface area contributed by atoms with Crippen molar-refractivity contribution in [2.75, 3.05) is 5.08 Å². The molecule has 27 heavy (non-hydrogen) atoms. The first-order valence-corrected chi connectivity index (χ1v) is 9.60. The lowest BCUT2D eigenvalue weighted by Crippen LogP contribution is -2.25. The van der Waals surface area contributed by atoms with Crippen LogP contribution in [-0.4, -0.2) is 21.9 Å². The largest absolute Gasteiger partial charge is 0.378 e. The molecule has 0 saturated carbocycles. The van der Waals surface area contributed by atoms with Crippen LogP contribution in [0.4, 0.5) is 26.3 Å². The fourth-order valence-corrected chi connectivity index (χ4v) is 4.25. The molecule has 2 rings (SSSR count). The molecule has 2 aromatic rings. The summed E-state index contributed by atoms with van der Waals surface area (Å²) in [7, 11) is -10.5. The lowest BCUT2D eigenvalue weighted by Gasteiger charge is -2.10. The normalized spacial score (nSPS) is 12.1. The van der Waals surface area contributed by atoms with Gasteiger partial charge in [0.25, 0.3) is 0 Å². The highest BCUT2D eigenvalue weighted by Crippen LogP contribution is 2.26. The zero-order valence-corrected chi connectivity index (χ0v) is 14.2. The van der Waals surface area contributed by atoms with Crippen molar-refractivity contribution in [2.45, 2.75) is 0 Å². The van der Waals surface area contributed by atoms with E-state index in [-0.39, 0.29) is 0 Å². The quantitative estimate of drug-likeness (QED) is 0.393. The van der Waals surface area contributed by atoms with Crippen molar-refractivity contribution in [1.82, 2.24) is 0 Å². The average Bonchev–Trinajstić information content (AvgIpc) is 2.55. The molecule has 0 saturated heterocycles. The Hall–Kier alpha value is -2.48. The number of benzene rings is 2. The Kier molecular flexibility index (Phi) is 5.60. The van der Waals surface area contributed by atoms with Gasteiger partial charge in [0.2, 0.25) is 16.7 Å². The molecule has 0 aliphatic heterocycles. The third-order valence-electron chi connectivity index (χ3n) is 2.72. The predicted molar refractivity (Wildman–Crippen MR) is 76.6 cm³/mol. The van der Waals surface area contributed by atoms with E-state index in [1.54, 1.807) is 0 Å². The first-order chi connectivity index (χ1) is 12.3. The van der Waals surface area contributed by atoms with Crippen molar-refractivity contribution in [3.63, 3.8) is 0 Å². The molecule has 0 aromatic heterocycles. The molecular weight excluding hydrogens is 430 g/mol. The van der Waals surface area contributed by atoms with E-state index in [2.05, 4.69) is 8.37 Å². The smallest absolute Gasteiger partial charge is 0.327 e. The minimum atomic E-state index is -5.23. The van der Waals surface area contributed by atoms with Crippen LogP contribution in [0.5, 0.6) is 11.5 Å². The Balaban J connectivity index is 2.24. The minimum absolute atomic E-state index is 0.310. The number of hydrogen-bond acceptors (Lipinski definition) is 6. The summed E-state index contributed by atoms with van der Waals surface area (Å²) in [4.78, 5) is 0. The Morgan fingerprint density at radius 1 is 0.593 bits per heavy atom. The van der Waals surface area contributed by atoms with Crippen LogP contribution in [0, 0.1) is 34.9 Å². The van der Waals surface area contributed by atoms with Gasteiger partial charge in [-0.1, -0.05) is 0 Å². The minimum Gasteiger partial charge on any atom is -0.378 e. The topological polar surface area (TPSA) is 86.7 Å². The van der Waals surface area contributed by atoms with Gasteiger partial charge in [-0.2, -0.15) is 25.6 Å². The molecule has 0 unspecified atom stereocenters. The summed E-state index contributed by atoms with van der Waals surface area (Å²) in [6.45, 7) is 0. The van der Waals surface area contributed by atoms with Crippen molar-refractivity contribution in [3.05, 3.63) is 59.2 Å². The fourth-order valence-electron chi connectivity index (χ4n) is 1.64. The summed E-state index contributed by atoms with van der Waals surface area (Å²) in [6.07, 6.45) is 0. The van der Waals surface area contributed by atoms with E-state index in [0.29, 0.717) is 24.3 Å². The van der Waals surface area contributed by atoms with Crippen LogP contribution in [0.3, 0.4) is 0 Å². The standard InChI is InChI=1S/C13H6F6O6S2/c14-6-1-3-8(12(18)10(6)16)24-26(20,21)5-27(22,23)25-9-4-2-7(15)11(17)13(9)19/h1-4H,5H2. The van der Waals surface area contributed by atoms with Gasteiger partial charge in [0.15, 0.2) is 34.8 Å². The van der Waals surface area contributed by atoms with Crippen molar-refractivity contribution in [2.24, 2.45) is 0 Å². The molecule has 0 atom stereocenters. The van der Waals surface area contributed by atoms with Crippen LogP contribution < -0.4 is 8.37 Å². The van der Waals surface area contributed by atoms with Gasteiger partial charge in [-0.25, -0.2) is 17.6 Å². The maximum absolute atomic E-state index is 13.4. The maximum Gasteiger partial charge on any atom is 0.327 e.